The second-order valence-corrected chi connectivity index (χ2v) is 6.64. The average Bonchev–Trinajstić information content (AvgIpc) is 2.55. The molecule has 0 radical (unpaired) electrons. The van der Waals surface area contributed by atoms with Crippen LogP contribution in [0.2, 0.25) is 0 Å². The molecule has 21 heavy (non-hydrogen) atoms. The van der Waals surface area contributed by atoms with Crippen molar-refractivity contribution in [3.8, 4) is 5.75 Å². The van der Waals surface area contributed by atoms with E-state index in [0.29, 0.717) is 24.6 Å². The minimum absolute atomic E-state index is 0.364. The molecule has 3 rings (SSSR count). The summed E-state index contributed by atoms with van der Waals surface area (Å²) in [4.78, 5) is 0. The molecule has 1 saturated carbocycles. The Morgan fingerprint density at radius 3 is 2.62 bits per heavy atom. The maximum absolute atomic E-state index is 9.23. The van der Waals surface area contributed by atoms with Crippen molar-refractivity contribution < 1.29 is 9.84 Å². The summed E-state index contributed by atoms with van der Waals surface area (Å²) in [5.74, 6) is 1.51. The summed E-state index contributed by atoms with van der Waals surface area (Å²) in [6.07, 6.45) is 8.30. The number of nitrogens with one attached hydrogen (secondary N) is 1. The minimum atomic E-state index is 0.364. The van der Waals surface area contributed by atoms with Gasteiger partial charge in [-0.25, -0.2) is 0 Å². The lowest BCUT2D eigenvalue weighted by atomic mass is 9.84. The molecule has 0 aromatic heterocycles. The van der Waals surface area contributed by atoms with Crippen molar-refractivity contribution in [3.05, 3.63) is 29.3 Å². The van der Waals surface area contributed by atoms with E-state index in [9.17, 15) is 5.11 Å². The Labute approximate surface area is 127 Å². The molecule has 0 aliphatic heterocycles. The van der Waals surface area contributed by atoms with Gasteiger partial charge < -0.3 is 15.2 Å². The first-order valence-electron chi connectivity index (χ1n) is 8.31. The first-order valence-corrected chi connectivity index (χ1v) is 8.31. The van der Waals surface area contributed by atoms with Crippen molar-refractivity contribution in [2.45, 2.75) is 57.0 Å². The molecule has 2 aliphatic carbocycles. The normalized spacial score (nSPS) is 29.0. The number of hydrogen-bond donors (Lipinski definition) is 2. The lowest BCUT2D eigenvalue weighted by Crippen LogP contribution is -2.43. The molecule has 1 aromatic carbocycles. The zero-order valence-corrected chi connectivity index (χ0v) is 13.0. The number of hydrogen-bond acceptors (Lipinski definition) is 3. The van der Waals surface area contributed by atoms with Gasteiger partial charge in [-0.3, -0.25) is 0 Å². The number of aliphatic hydroxyl groups is 1. The van der Waals surface area contributed by atoms with Crippen LogP contribution in [0.25, 0.3) is 0 Å². The van der Waals surface area contributed by atoms with Gasteiger partial charge in [0.2, 0.25) is 0 Å². The van der Waals surface area contributed by atoms with E-state index < -0.39 is 0 Å². The summed E-state index contributed by atoms with van der Waals surface area (Å²) in [7, 11) is 1.74. The second-order valence-electron chi connectivity index (χ2n) is 6.64. The predicted molar refractivity (Wildman–Crippen MR) is 84.8 cm³/mol. The Hall–Kier alpha value is -1.06. The van der Waals surface area contributed by atoms with Crippen LogP contribution in [0.3, 0.4) is 0 Å². The van der Waals surface area contributed by atoms with Crippen LogP contribution in [0.4, 0.5) is 0 Å². The minimum Gasteiger partial charge on any atom is -0.497 e. The molecular formula is C18H27NO2. The number of aryl methyl sites for hydroxylation is 1. The van der Waals surface area contributed by atoms with Gasteiger partial charge in [0.1, 0.15) is 5.75 Å². The van der Waals surface area contributed by atoms with Crippen LogP contribution in [0.5, 0.6) is 5.75 Å². The summed E-state index contributed by atoms with van der Waals surface area (Å²) < 4.78 is 5.35. The number of rotatable bonds is 4. The number of methoxy groups -OCH3 is 1. The standard InChI is InChI=1S/C18H27NO2/c1-21-18-9-5-14-4-8-17(10-15(14)11-18)19-16-6-2-13(12-20)3-7-16/h5,9,11,13,16-17,19-20H,2-4,6-8,10,12H2,1H3/t13?,16?,17-/m0/s1. The van der Waals surface area contributed by atoms with Crippen LogP contribution in [0.1, 0.15) is 43.2 Å². The summed E-state index contributed by atoms with van der Waals surface area (Å²) in [5, 5.41) is 13.1. The molecule has 0 heterocycles. The molecule has 0 unspecified atom stereocenters. The first-order chi connectivity index (χ1) is 10.3. The Bertz CT molecular complexity index is 466. The Morgan fingerprint density at radius 2 is 1.90 bits per heavy atom. The van der Waals surface area contributed by atoms with Gasteiger partial charge in [-0.05, 0) is 74.1 Å². The SMILES string of the molecule is COc1ccc2c(c1)C[C@@H](NC1CCC(CO)CC1)CC2. The largest absolute Gasteiger partial charge is 0.497 e. The second kappa shape index (κ2) is 6.80. The zero-order chi connectivity index (χ0) is 14.7. The summed E-state index contributed by atoms with van der Waals surface area (Å²) in [5.41, 5.74) is 2.93. The van der Waals surface area contributed by atoms with Crippen LogP contribution in [0.15, 0.2) is 18.2 Å². The fourth-order valence-electron chi connectivity index (χ4n) is 3.85. The molecule has 2 aliphatic rings. The van der Waals surface area contributed by atoms with Crippen molar-refractivity contribution in [1.29, 1.82) is 0 Å². The number of ether oxygens (including phenoxy) is 1. The summed E-state index contributed by atoms with van der Waals surface area (Å²) >= 11 is 0. The van der Waals surface area contributed by atoms with Crippen LogP contribution in [0, 0.1) is 5.92 Å². The van der Waals surface area contributed by atoms with Crippen molar-refractivity contribution in [1.82, 2.24) is 5.32 Å². The molecule has 0 bridgehead atoms. The highest BCUT2D eigenvalue weighted by Crippen LogP contribution is 2.28. The molecule has 3 heteroatoms. The van der Waals surface area contributed by atoms with Gasteiger partial charge in [0.25, 0.3) is 0 Å². The van der Waals surface area contributed by atoms with E-state index >= 15 is 0 Å². The fraction of sp³-hybridized carbons (Fsp3) is 0.667. The van der Waals surface area contributed by atoms with E-state index in [0.717, 1.165) is 12.2 Å². The van der Waals surface area contributed by atoms with Gasteiger partial charge >= 0.3 is 0 Å². The van der Waals surface area contributed by atoms with Gasteiger partial charge in [0.15, 0.2) is 0 Å². The van der Waals surface area contributed by atoms with Crippen molar-refractivity contribution >= 4 is 0 Å². The van der Waals surface area contributed by atoms with Gasteiger partial charge in [0.05, 0.1) is 7.11 Å². The highest BCUT2D eigenvalue weighted by Gasteiger charge is 2.25. The first kappa shape index (κ1) is 14.9. The number of benzene rings is 1. The van der Waals surface area contributed by atoms with Gasteiger partial charge in [0, 0.05) is 18.7 Å². The van der Waals surface area contributed by atoms with E-state index in [1.54, 1.807) is 7.11 Å². The van der Waals surface area contributed by atoms with Crippen molar-refractivity contribution in [3.63, 3.8) is 0 Å². The van der Waals surface area contributed by atoms with Crippen LogP contribution < -0.4 is 10.1 Å². The lowest BCUT2D eigenvalue weighted by molar-refractivity contribution is 0.170. The maximum atomic E-state index is 9.23. The molecule has 3 nitrogen and oxygen atoms in total. The summed E-state index contributed by atoms with van der Waals surface area (Å²) in [6, 6.07) is 7.73. The monoisotopic (exact) mass is 289 g/mol. The van der Waals surface area contributed by atoms with E-state index in [4.69, 9.17) is 4.74 Å². The third-order valence-electron chi connectivity index (χ3n) is 5.22. The average molecular weight is 289 g/mol. The fourth-order valence-corrected chi connectivity index (χ4v) is 3.85. The Morgan fingerprint density at radius 1 is 1.10 bits per heavy atom. The zero-order valence-electron chi connectivity index (χ0n) is 13.0. The van der Waals surface area contributed by atoms with E-state index in [2.05, 4.69) is 23.5 Å². The predicted octanol–water partition coefficient (Wildman–Crippen LogP) is 2.69. The molecule has 1 aromatic rings. The van der Waals surface area contributed by atoms with E-state index in [1.807, 2.05) is 0 Å². The van der Waals surface area contributed by atoms with E-state index in [1.165, 1.54) is 49.7 Å². The molecule has 2 N–H and O–H groups in total. The van der Waals surface area contributed by atoms with Gasteiger partial charge in [-0.15, -0.1) is 0 Å². The lowest BCUT2D eigenvalue weighted by Gasteiger charge is -2.33. The van der Waals surface area contributed by atoms with Gasteiger partial charge in [-0.2, -0.15) is 0 Å². The molecule has 1 fully saturated rings. The highest BCUT2D eigenvalue weighted by molar-refractivity contribution is 5.37. The third-order valence-corrected chi connectivity index (χ3v) is 5.22. The molecule has 0 saturated heterocycles. The highest BCUT2D eigenvalue weighted by atomic mass is 16.5. The molecular weight excluding hydrogens is 262 g/mol. The molecule has 0 spiro atoms. The Balaban J connectivity index is 1.56. The van der Waals surface area contributed by atoms with Crippen molar-refractivity contribution in [2.24, 2.45) is 5.92 Å². The van der Waals surface area contributed by atoms with Crippen LogP contribution in [-0.2, 0) is 12.8 Å². The number of aliphatic hydroxyl groups excluding tert-OH is 1. The topological polar surface area (TPSA) is 41.5 Å². The van der Waals surface area contributed by atoms with Gasteiger partial charge in [-0.1, -0.05) is 6.07 Å². The van der Waals surface area contributed by atoms with Crippen LogP contribution in [-0.4, -0.2) is 30.9 Å². The quantitative estimate of drug-likeness (QED) is 0.895. The summed E-state index contributed by atoms with van der Waals surface area (Å²) in [6.45, 7) is 0.364. The number of fused-ring (bicyclic) bond motifs is 1. The molecule has 0 amide bonds. The molecule has 1 atom stereocenters. The van der Waals surface area contributed by atoms with Crippen LogP contribution >= 0.6 is 0 Å². The smallest absolute Gasteiger partial charge is 0.119 e. The maximum Gasteiger partial charge on any atom is 0.119 e. The van der Waals surface area contributed by atoms with Crippen molar-refractivity contribution in [2.75, 3.05) is 13.7 Å². The third kappa shape index (κ3) is 3.58. The van der Waals surface area contributed by atoms with E-state index in [-0.39, 0.29) is 0 Å². The Kier molecular flexibility index (Phi) is 4.81. The molecule has 116 valence electrons.